The molecule has 23 heavy (non-hydrogen) atoms. The highest BCUT2D eigenvalue weighted by Crippen LogP contribution is 2.28. The molecular formula is C14H18F3N5O. The first-order valence-corrected chi connectivity index (χ1v) is 7.01. The number of alkyl halides is 3. The maximum Gasteiger partial charge on any atom is 0.435 e. The number of nitrogens with one attached hydrogen (secondary N) is 1. The normalized spacial score (nSPS) is 13.2. The van der Waals surface area contributed by atoms with Gasteiger partial charge in [0.1, 0.15) is 5.69 Å². The average Bonchev–Trinajstić information content (AvgIpc) is 2.92. The van der Waals surface area contributed by atoms with Crippen molar-refractivity contribution in [1.82, 2.24) is 24.9 Å². The van der Waals surface area contributed by atoms with Crippen LogP contribution < -0.4 is 5.32 Å². The molecule has 1 N–H and O–H groups in total. The van der Waals surface area contributed by atoms with Crippen LogP contribution in [-0.4, -0.2) is 31.5 Å². The lowest BCUT2D eigenvalue weighted by Gasteiger charge is -2.15. The van der Waals surface area contributed by atoms with Crippen molar-refractivity contribution in [1.29, 1.82) is 0 Å². The third-order valence-corrected chi connectivity index (χ3v) is 3.33. The molecule has 0 saturated carbocycles. The second kappa shape index (κ2) is 6.05. The molecule has 0 unspecified atom stereocenters. The third-order valence-electron chi connectivity index (χ3n) is 3.33. The second-order valence-electron chi connectivity index (χ2n) is 5.52. The summed E-state index contributed by atoms with van der Waals surface area (Å²) in [7, 11) is 1.30. The number of rotatable bonds is 4. The van der Waals surface area contributed by atoms with E-state index in [-0.39, 0.29) is 11.7 Å². The predicted molar refractivity (Wildman–Crippen MR) is 76.8 cm³/mol. The Hall–Kier alpha value is -2.32. The minimum atomic E-state index is -4.58. The third kappa shape index (κ3) is 3.91. The average molecular weight is 329 g/mol. The fraction of sp³-hybridized carbons (Fsp3) is 0.500. The largest absolute Gasteiger partial charge is 0.435 e. The lowest BCUT2D eigenvalue weighted by atomic mass is 10.3. The van der Waals surface area contributed by atoms with E-state index in [9.17, 15) is 18.0 Å². The van der Waals surface area contributed by atoms with E-state index in [2.05, 4.69) is 15.5 Å². The van der Waals surface area contributed by atoms with Crippen molar-refractivity contribution >= 4 is 5.91 Å². The van der Waals surface area contributed by atoms with Crippen LogP contribution in [0.4, 0.5) is 13.2 Å². The number of hydrogen-bond donors (Lipinski definition) is 1. The molecule has 0 aliphatic heterocycles. The molecule has 2 rings (SSSR count). The van der Waals surface area contributed by atoms with Crippen LogP contribution in [0.2, 0.25) is 0 Å². The van der Waals surface area contributed by atoms with Crippen LogP contribution in [0, 0.1) is 13.8 Å². The molecule has 0 aliphatic carbocycles. The first kappa shape index (κ1) is 17.0. The lowest BCUT2D eigenvalue weighted by molar-refractivity contribution is -0.141. The molecule has 0 spiro atoms. The number of carbonyl (C=O) groups excluding carboxylic acids is 1. The molecule has 0 aromatic carbocycles. The summed E-state index contributed by atoms with van der Waals surface area (Å²) in [4.78, 5) is 12.1. The molecule has 2 aromatic rings. The van der Waals surface area contributed by atoms with Crippen LogP contribution in [-0.2, 0) is 19.8 Å². The zero-order valence-corrected chi connectivity index (χ0v) is 13.3. The fourth-order valence-electron chi connectivity index (χ4n) is 2.28. The summed E-state index contributed by atoms with van der Waals surface area (Å²) in [6, 6.07) is 2.35. The number of nitrogens with zero attached hydrogens (tertiary/aromatic N) is 4. The molecule has 0 bridgehead atoms. The summed E-state index contributed by atoms with van der Waals surface area (Å²) in [5.41, 5.74) is 0.583. The standard InChI is InChI=1S/C14H18F3N5O/c1-8-5-10(3)22(19-8)7-9(2)18-13(23)11-6-12(14(15,16)17)20-21(11)4/h5-6,9H,7H2,1-4H3,(H,18,23)/t9-/m0/s1. The van der Waals surface area contributed by atoms with Crippen LogP contribution in [0.25, 0.3) is 0 Å². The summed E-state index contributed by atoms with van der Waals surface area (Å²) in [5.74, 6) is -0.607. The van der Waals surface area contributed by atoms with Crippen LogP contribution in [0.3, 0.4) is 0 Å². The van der Waals surface area contributed by atoms with Gasteiger partial charge in [-0.05, 0) is 26.8 Å². The monoisotopic (exact) mass is 329 g/mol. The van der Waals surface area contributed by atoms with Crippen LogP contribution >= 0.6 is 0 Å². The van der Waals surface area contributed by atoms with E-state index < -0.39 is 17.8 Å². The van der Waals surface area contributed by atoms with Crippen molar-refractivity contribution in [2.45, 2.75) is 39.5 Å². The molecule has 9 heteroatoms. The zero-order valence-electron chi connectivity index (χ0n) is 13.3. The first-order valence-electron chi connectivity index (χ1n) is 7.01. The molecule has 2 heterocycles. The Morgan fingerprint density at radius 3 is 2.43 bits per heavy atom. The van der Waals surface area contributed by atoms with Crippen LogP contribution in [0.15, 0.2) is 12.1 Å². The maximum absolute atomic E-state index is 12.6. The number of carbonyl (C=O) groups is 1. The van der Waals surface area contributed by atoms with Crippen molar-refractivity contribution in [3.05, 3.63) is 34.9 Å². The van der Waals surface area contributed by atoms with Crippen molar-refractivity contribution in [2.75, 3.05) is 0 Å². The fourth-order valence-corrected chi connectivity index (χ4v) is 2.28. The molecule has 1 atom stereocenters. The molecule has 1 amide bonds. The zero-order chi connectivity index (χ0) is 17.4. The van der Waals surface area contributed by atoms with Gasteiger partial charge in [0.2, 0.25) is 0 Å². The highest BCUT2D eigenvalue weighted by atomic mass is 19.4. The van der Waals surface area contributed by atoms with Crippen molar-refractivity contribution in [2.24, 2.45) is 7.05 Å². The Kier molecular flexibility index (Phi) is 4.49. The number of aryl methyl sites for hydroxylation is 3. The number of aromatic nitrogens is 4. The molecule has 2 aromatic heterocycles. The maximum atomic E-state index is 12.6. The molecule has 0 fully saturated rings. The van der Waals surface area contributed by atoms with Crippen LogP contribution in [0.5, 0.6) is 0 Å². The van der Waals surface area contributed by atoms with Crippen LogP contribution in [0.1, 0.15) is 34.5 Å². The molecule has 0 aliphatic rings. The molecular weight excluding hydrogens is 311 g/mol. The quantitative estimate of drug-likeness (QED) is 0.934. The van der Waals surface area contributed by atoms with E-state index in [1.807, 2.05) is 19.9 Å². The highest BCUT2D eigenvalue weighted by molar-refractivity contribution is 5.92. The Morgan fingerprint density at radius 2 is 1.96 bits per heavy atom. The SMILES string of the molecule is Cc1cc(C)n(C[C@H](C)NC(=O)c2cc(C(F)(F)F)nn2C)n1. The summed E-state index contributed by atoms with van der Waals surface area (Å²) >= 11 is 0. The molecule has 6 nitrogen and oxygen atoms in total. The van der Waals surface area contributed by atoms with Gasteiger partial charge in [-0.25, -0.2) is 0 Å². The van der Waals surface area contributed by atoms with Gasteiger partial charge < -0.3 is 5.32 Å². The second-order valence-corrected chi connectivity index (χ2v) is 5.52. The van der Waals surface area contributed by atoms with E-state index in [4.69, 9.17) is 0 Å². The Morgan fingerprint density at radius 1 is 1.30 bits per heavy atom. The van der Waals surface area contributed by atoms with Gasteiger partial charge in [0.05, 0.1) is 12.2 Å². The minimum absolute atomic E-state index is 0.141. The number of amides is 1. The van der Waals surface area contributed by atoms with Crippen molar-refractivity contribution < 1.29 is 18.0 Å². The topological polar surface area (TPSA) is 64.7 Å². The van der Waals surface area contributed by atoms with Crippen molar-refractivity contribution in [3.8, 4) is 0 Å². The molecule has 126 valence electrons. The summed E-state index contributed by atoms with van der Waals surface area (Å²) in [6.07, 6.45) is -4.58. The first-order chi connectivity index (χ1) is 10.6. The minimum Gasteiger partial charge on any atom is -0.346 e. The van der Waals surface area contributed by atoms with Gasteiger partial charge in [-0.15, -0.1) is 0 Å². The van der Waals surface area contributed by atoms with E-state index >= 15 is 0 Å². The van der Waals surface area contributed by atoms with Gasteiger partial charge in [-0.2, -0.15) is 23.4 Å². The predicted octanol–water partition coefficient (Wildman–Crippen LogP) is 2.07. The van der Waals surface area contributed by atoms with Crippen molar-refractivity contribution in [3.63, 3.8) is 0 Å². The lowest BCUT2D eigenvalue weighted by Crippen LogP contribution is -2.37. The Balaban J connectivity index is 2.07. The summed E-state index contributed by atoms with van der Waals surface area (Å²) in [6.45, 7) is 5.94. The van der Waals surface area contributed by atoms with Gasteiger partial charge in [0.25, 0.3) is 5.91 Å². The summed E-state index contributed by atoms with van der Waals surface area (Å²) in [5, 5.41) is 10.3. The molecule has 0 radical (unpaired) electrons. The summed E-state index contributed by atoms with van der Waals surface area (Å²) < 4.78 is 40.5. The van der Waals surface area contributed by atoms with Gasteiger partial charge in [-0.1, -0.05) is 0 Å². The Labute approximate surface area is 131 Å². The van der Waals surface area contributed by atoms with E-state index in [1.165, 1.54) is 7.05 Å². The number of hydrogen-bond acceptors (Lipinski definition) is 3. The van der Waals surface area contributed by atoms with E-state index in [0.29, 0.717) is 6.54 Å². The van der Waals surface area contributed by atoms with Gasteiger partial charge in [-0.3, -0.25) is 14.2 Å². The van der Waals surface area contributed by atoms with E-state index in [0.717, 1.165) is 22.1 Å². The Bertz CT molecular complexity index is 717. The van der Waals surface area contributed by atoms with E-state index in [1.54, 1.807) is 11.6 Å². The van der Waals surface area contributed by atoms with Gasteiger partial charge in [0, 0.05) is 24.8 Å². The smallest absolute Gasteiger partial charge is 0.346 e. The highest BCUT2D eigenvalue weighted by Gasteiger charge is 2.35. The number of halogens is 3. The molecule has 0 saturated heterocycles. The van der Waals surface area contributed by atoms with Gasteiger partial charge in [0.15, 0.2) is 5.69 Å². The van der Waals surface area contributed by atoms with Gasteiger partial charge >= 0.3 is 6.18 Å².